The molecule has 16 heavy (non-hydrogen) atoms. The van der Waals surface area contributed by atoms with Crippen LogP contribution < -0.4 is 5.32 Å². The Kier molecular flexibility index (Phi) is 4.21. The second kappa shape index (κ2) is 5.47. The molecule has 4 atom stereocenters. The molecule has 5 heteroatoms. The maximum atomic E-state index is 4.14. The first-order valence-electron chi connectivity index (χ1n) is 5.80. The molecule has 0 spiro atoms. The Morgan fingerprint density at radius 3 is 2.88 bits per heavy atom. The Hall–Kier alpha value is -0.130. The van der Waals surface area contributed by atoms with Crippen molar-refractivity contribution in [2.45, 2.75) is 42.3 Å². The Morgan fingerprint density at radius 1 is 1.44 bits per heavy atom. The van der Waals surface area contributed by atoms with Crippen molar-refractivity contribution in [2.75, 3.05) is 7.05 Å². The fourth-order valence-electron chi connectivity index (χ4n) is 2.64. The van der Waals surface area contributed by atoms with Crippen LogP contribution in [0.5, 0.6) is 0 Å². The lowest BCUT2D eigenvalue weighted by Gasteiger charge is -2.38. The van der Waals surface area contributed by atoms with Crippen LogP contribution in [0.3, 0.4) is 0 Å². The van der Waals surface area contributed by atoms with Crippen molar-refractivity contribution >= 4 is 23.1 Å². The number of nitrogens with zero attached hydrogens (tertiary/aromatic N) is 2. The van der Waals surface area contributed by atoms with E-state index in [4.69, 9.17) is 0 Å². The summed E-state index contributed by atoms with van der Waals surface area (Å²) >= 11 is 3.54. The molecule has 1 aromatic heterocycles. The van der Waals surface area contributed by atoms with Gasteiger partial charge in [-0.3, -0.25) is 0 Å². The standard InChI is InChI=1S/C11H19N3S2/c1-7-4-8(2)10(9(5-7)12-3)16-11-14-13-6-15-11/h6-10,12H,4-5H2,1-3H3. The molecule has 0 saturated heterocycles. The van der Waals surface area contributed by atoms with Gasteiger partial charge in [0.2, 0.25) is 0 Å². The molecule has 4 unspecified atom stereocenters. The minimum absolute atomic E-state index is 0.604. The Bertz CT molecular complexity index is 315. The fourth-order valence-corrected chi connectivity index (χ4v) is 4.69. The van der Waals surface area contributed by atoms with Crippen LogP contribution in [0.15, 0.2) is 9.85 Å². The largest absolute Gasteiger partial charge is 0.316 e. The third kappa shape index (κ3) is 2.76. The van der Waals surface area contributed by atoms with Gasteiger partial charge in [0.05, 0.1) is 0 Å². The molecule has 1 fully saturated rings. The van der Waals surface area contributed by atoms with Crippen LogP contribution in [0.4, 0.5) is 0 Å². The van der Waals surface area contributed by atoms with Gasteiger partial charge in [-0.15, -0.1) is 10.2 Å². The number of aromatic nitrogens is 2. The number of hydrogen-bond acceptors (Lipinski definition) is 5. The maximum Gasteiger partial charge on any atom is 0.174 e. The normalized spacial score (nSPS) is 35.2. The summed E-state index contributed by atoms with van der Waals surface area (Å²) in [5.74, 6) is 1.58. The summed E-state index contributed by atoms with van der Waals surface area (Å²) < 4.78 is 1.10. The minimum atomic E-state index is 0.604. The molecule has 1 N–H and O–H groups in total. The average Bonchev–Trinajstić information content (AvgIpc) is 2.74. The van der Waals surface area contributed by atoms with E-state index in [1.807, 2.05) is 17.3 Å². The highest BCUT2D eigenvalue weighted by molar-refractivity contribution is 8.01. The smallest absolute Gasteiger partial charge is 0.174 e. The van der Waals surface area contributed by atoms with Crippen LogP contribution in [-0.4, -0.2) is 28.5 Å². The van der Waals surface area contributed by atoms with E-state index < -0.39 is 0 Å². The van der Waals surface area contributed by atoms with E-state index in [9.17, 15) is 0 Å². The highest BCUT2D eigenvalue weighted by Gasteiger charge is 2.34. The molecule has 3 nitrogen and oxygen atoms in total. The molecule has 1 aliphatic carbocycles. The first-order chi connectivity index (χ1) is 7.70. The molecule has 1 saturated carbocycles. The monoisotopic (exact) mass is 257 g/mol. The Morgan fingerprint density at radius 2 is 2.25 bits per heavy atom. The summed E-state index contributed by atoms with van der Waals surface area (Å²) in [4.78, 5) is 0. The molecule has 90 valence electrons. The summed E-state index contributed by atoms with van der Waals surface area (Å²) in [7, 11) is 2.07. The van der Waals surface area contributed by atoms with Crippen molar-refractivity contribution in [3.05, 3.63) is 5.51 Å². The molecule has 2 rings (SSSR count). The summed E-state index contributed by atoms with van der Waals surface area (Å²) in [5, 5.41) is 12.1. The van der Waals surface area contributed by atoms with E-state index in [0.29, 0.717) is 11.3 Å². The van der Waals surface area contributed by atoms with E-state index in [2.05, 4.69) is 36.4 Å². The van der Waals surface area contributed by atoms with Gasteiger partial charge in [0, 0.05) is 11.3 Å². The fraction of sp³-hybridized carbons (Fsp3) is 0.818. The predicted octanol–water partition coefficient (Wildman–Crippen LogP) is 2.65. The lowest BCUT2D eigenvalue weighted by atomic mass is 9.80. The highest BCUT2D eigenvalue weighted by Crippen LogP contribution is 2.39. The number of rotatable bonds is 3. The molecule has 0 aliphatic heterocycles. The summed E-state index contributed by atoms with van der Waals surface area (Å²) in [5.41, 5.74) is 1.81. The van der Waals surface area contributed by atoms with Gasteiger partial charge in [0.1, 0.15) is 5.51 Å². The van der Waals surface area contributed by atoms with E-state index in [1.165, 1.54) is 12.8 Å². The zero-order valence-electron chi connectivity index (χ0n) is 10.0. The Labute approximate surface area is 105 Å². The van der Waals surface area contributed by atoms with Crippen molar-refractivity contribution in [3.8, 4) is 0 Å². The van der Waals surface area contributed by atoms with Gasteiger partial charge in [-0.25, -0.2) is 0 Å². The molecule has 0 amide bonds. The number of nitrogens with one attached hydrogen (secondary N) is 1. The predicted molar refractivity (Wildman–Crippen MR) is 70.0 cm³/mol. The maximum absolute atomic E-state index is 4.14. The molecule has 1 aromatic rings. The van der Waals surface area contributed by atoms with Gasteiger partial charge >= 0.3 is 0 Å². The molecule has 1 aliphatic rings. The number of hydrogen-bond donors (Lipinski definition) is 1. The van der Waals surface area contributed by atoms with E-state index in [0.717, 1.165) is 16.2 Å². The third-order valence-corrected chi connectivity index (χ3v) is 5.74. The quantitative estimate of drug-likeness (QED) is 0.903. The molecule has 1 heterocycles. The van der Waals surface area contributed by atoms with Crippen LogP contribution in [0.2, 0.25) is 0 Å². The van der Waals surface area contributed by atoms with Crippen molar-refractivity contribution in [1.29, 1.82) is 0 Å². The highest BCUT2D eigenvalue weighted by atomic mass is 32.2. The van der Waals surface area contributed by atoms with E-state index in [1.54, 1.807) is 11.3 Å². The minimum Gasteiger partial charge on any atom is -0.316 e. The summed E-state index contributed by atoms with van der Waals surface area (Å²) in [6.45, 7) is 4.71. The first kappa shape index (κ1) is 12.3. The second-order valence-electron chi connectivity index (χ2n) is 4.74. The van der Waals surface area contributed by atoms with Gasteiger partial charge in [-0.05, 0) is 31.7 Å². The van der Waals surface area contributed by atoms with Gasteiger partial charge in [-0.2, -0.15) is 0 Å². The van der Waals surface area contributed by atoms with Crippen LogP contribution in [-0.2, 0) is 0 Å². The lowest BCUT2D eigenvalue weighted by molar-refractivity contribution is 0.257. The SMILES string of the molecule is CNC1CC(C)CC(C)C1Sc1nncs1. The van der Waals surface area contributed by atoms with Gasteiger partial charge in [0.25, 0.3) is 0 Å². The van der Waals surface area contributed by atoms with Crippen LogP contribution in [0.25, 0.3) is 0 Å². The van der Waals surface area contributed by atoms with E-state index >= 15 is 0 Å². The van der Waals surface area contributed by atoms with Crippen molar-refractivity contribution < 1.29 is 0 Å². The Balaban J connectivity index is 2.05. The van der Waals surface area contributed by atoms with Gasteiger partial charge < -0.3 is 5.32 Å². The lowest BCUT2D eigenvalue weighted by Crippen LogP contribution is -2.44. The summed E-state index contributed by atoms with van der Waals surface area (Å²) in [6.07, 6.45) is 2.60. The summed E-state index contributed by atoms with van der Waals surface area (Å²) in [6, 6.07) is 0.604. The zero-order valence-corrected chi connectivity index (χ0v) is 11.6. The first-order valence-corrected chi connectivity index (χ1v) is 7.56. The van der Waals surface area contributed by atoms with Crippen LogP contribution in [0, 0.1) is 11.8 Å². The molecule has 0 bridgehead atoms. The second-order valence-corrected chi connectivity index (χ2v) is 6.99. The van der Waals surface area contributed by atoms with Gasteiger partial charge in [0.15, 0.2) is 4.34 Å². The van der Waals surface area contributed by atoms with Crippen molar-refractivity contribution in [1.82, 2.24) is 15.5 Å². The molecular formula is C11H19N3S2. The molecule has 0 aromatic carbocycles. The third-order valence-electron chi connectivity index (χ3n) is 3.34. The topological polar surface area (TPSA) is 37.8 Å². The number of thioether (sulfide) groups is 1. The average molecular weight is 257 g/mol. The van der Waals surface area contributed by atoms with Gasteiger partial charge in [-0.1, -0.05) is 36.9 Å². The molecular weight excluding hydrogens is 238 g/mol. The van der Waals surface area contributed by atoms with E-state index in [-0.39, 0.29) is 0 Å². The molecule has 0 radical (unpaired) electrons. The zero-order chi connectivity index (χ0) is 11.5. The van der Waals surface area contributed by atoms with Crippen LogP contribution >= 0.6 is 23.1 Å². The van der Waals surface area contributed by atoms with Crippen molar-refractivity contribution in [3.63, 3.8) is 0 Å². The van der Waals surface area contributed by atoms with Crippen molar-refractivity contribution in [2.24, 2.45) is 11.8 Å². The van der Waals surface area contributed by atoms with Crippen LogP contribution in [0.1, 0.15) is 26.7 Å².